The van der Waals surface area contributed by atoms with E-state index in [1.165, 1.54) is 16.7 Å². The summed E-state index contributed by atoms with van der Waals surface area (Å²) in [7, 11) is 0. The summed E-state index contributed by atoms with van der Waals surface area (Å²) in [6.07, 6.45) is 10.6. The summed E-state index contributed by atoms with van der Waals surface area (Å²) in [6, 6.07) is 30.6. The number of allylic oxidation sites excluding steroid dienone is 7. The largest absolute Gasteiger partial charge is 0.453 e. The number of fused-ring (bicyclic) bond motifs is 4. The first-order valence-electron chi connectivity index (χ1n) is 14.9. The fourth-order valence-electron chi connectivity index (χ4n) is 6.30. The molecular formula is C39H34N2O2. The van der Waals surface area contributed by atoms with Crippen LogP contribution >= 0.6 is 0 Å². The fourth-order valence-corrected chi connectivity index (χ4v) is 6.30. The number of ketones is 1. The first-order chi connectivity index (χ1) is 21.0. The van der Waals surface area contributed by atoms with Crippen molar-refractivity contribution in [1.29, 1.82) is 0 Å². The van der Waals surface area contributed by atoms with E-state index in [0.717, 1.165) is 64.3 Å². The monoisotopic (exact) mass is 562 g/mol. The highest BCUT2D eigenvalue weighted by molar-refractivity contribution is 6.14. The summed E-state index contributed by atoms with van der Waals surface area (Å²) in [5.41, 5.74) is 9.38. The summed E-state index contributed by atoms with van der Waals surface area (Å²) in [4.78, 5) is 16.1. The zero-order chi connectivity index (χ0) is 29.5. The molecule has 4 aromatic carbocycles. The second-order valence-electron chi connectivity index (χ2n) is 11.6. The molecule has 7 rings (SSSR count). The fraction of sp³-hybridized carbons (Fsp3) is 0.154. The number of para-hydroxylation sites is 3. The second kappa shape index (κ2) is 11.0. The molecule has 0 unspecified atom stereocenters. The molecule has 2 heterocycles. The van der Waals surface area contributed by atoms with Gasteiger partial charge in [0.15, 0.2) is 11.5 Å². The van der Waals surface area contributed by atoms with Gasteiger partial charge in [0, 0.05) is 45.2 Å². The van der Waals surface area contributed by atoms with Crippen LogP contribution in [-0.2, 0) is 6.54 Å². The van der Waals surface area contributed by atoms with E-state index in [1.54, 1.807) is 0 Å². The van der Waals surface area contributed by atoms with Crippen LogP contribution in [0.1, 0.15) is 49.5 Å². The van der Waals surface area contributed by atoms with Crippen LogP contribution in [0.3, 0.4) is 0 Å². The SMILES string of the molecule is CC(C)=C/C(C)=C/Cn1c2ccccc2c2cc(C(=O)c3ccc(N4C5=C(C=CCC5)Oc5ccccc54)cc3)ccc21. The Morgan fingerprint density at radius 2 is 1.58 bits per heavy atom. The number of rotatable bonds is 6. The Labute approximate surface area is 252 Å². The van der Waals surface area contributed by atoms with Crippen LogP contribution in [0.5, 0.6) is 5.75 Å². The molecule has 0 amide bonds. The quantitative estimate of drug-likeness (QED) is 0.153. The van der Waals surface area contributed by atoms with Gasteiger partial charge in [0.25, 0.3) is 0 Å². The molecular weight excluding hydrogens is 528 g/mol. The Balaban J connectivity index is 1.22. The highest BCUT2D eigenvalue weighted by Gasteiger charge is 2.28. The summed E-state index contributed by atoms with van der Waals surface area (Å²) in [5, 5.41) is 2.26. The lowest BCUT2D eigenvalue weighted by atomic mass is 10.00. The van der Waals surface area contributed by atoms with Crippen LogP contribution in [0.4, 0.5) is 11.4 Å². The molecule has 0 saturated carbocycles. The molecule has 0 N–H and O–H groups in total. The normalized spacial score (nSPS) is 14.5. The van der Waals surface area contributed by atoms with Crippen molar-refractivity contribution < 1.29 is 9.53 Å². The molecule has 0 saturated heterocycles. The zero-order valence-corrected chi connectivity index (χ0v) is 24.8. The number of carbonyl (C=O) groups excluding carboxylic acids is 1. The van der Waals surface area contributed by atoms with Crippen molar-refractivity contribution in [1.82, 2.24) is 4.57 Å². The van der Waals surface area contributed by atoms with Gasteiger partial charge < -0.3 is 14.2 Å². The molecule has 0 fully saturated rings. The van der Waals surface area contributed by atoms with Gasteiger partial charge in [0.2, 0.25) is 0 Å². The molecule has 1 aliphatic heterocycles. The number of anilines is 2. The maximum absolute atomic E-state index is 13.8. The molecule has 43 heavy (non-hydrogen) atoms. The first-order valence-corrected chi connectivity index (χ1v) is 14.9. The van der Waals surface area contributed by atoms with Crippen LogP contribution < -0.4 is 9.64 Å². The summed E-state index contributed by atoms with van der Waals surface area (Å²) in [5.74, 6) is 1.75. The molecule has 0 radical (unpaired) electrons. The van der Waals surface area contributed by atoms with Crippen molar-refractivity contribution in [3.63, 3.8) is 0 Å². The summed E-state index contributed by atoms with van der Waals surface area (Å²) < 4.78 is 8.54. The van der Waals surface area contributed by atoms with E-state index < -0.39 is 0 Å². The number of carbonyl (C=O) groups is 1. The van der Waals surface area contributed by atoms with Gasteiger partial charge in [-0.1, -0.05) is 59.7 Å². The molecule has 4 nitrogen and oxygen atoms in total. The van der Waals surface area contributed by atoms with Gasteiger partial charge in [-0.15, -0.1) is 0 Å². The number of nitrogens with zero attached hydrogens (tertiary/aromatic N) is 2. The van der Waals surface area contributed by atoms with Crippen LogP contribution in [0.15, 0.2) is 138 Å². The smallest absolute Gasteiger partial charge is 0.193 e. The molecule has 0 bridgehead atoms. The Morgan fingerprint density at radius 1 is 0.837 bits per heavy atom. The zero-order valence-electron chi connectivity index (χ0n) is 24.8. The third-order valence-electron chi connectivity index (χ3n) is 8.23. The van der Waals surface area contributed by atoms with Gasteiger partial charge in [-0.25, -0.2) is 0 Å². The van der Waals surface area contributed by atoms with Crippen LogP contribution in [0.2, 0.25) is 0 Å². The molecule has 0 spiro atoms. The Kier molecular flexibility index (Phi) is 6.83. The summed E-state index contributed by atoms with van der Waals surface area (Å²) >= 11 is 0. The third kappa shape index (κ3) is 4.89. The van der Waals surface area contributed by atoms with Gasteiger partial charge >= 0.3 is 0 Å². The Morgan fingerprint density at radius 3 is 2.42 bits per heavy atom. The predicted molar refractivity (Wildman–Crippen MR) is 177 cm³/mol. The predicted octanol–water partition coefficient (Wildman–Crippen LogP) is 10.0. The minimum Gasteiger partial charge on any atom is -0.453 e. The van der Waals surface area contributed by atoms with Gasteiger partial charge in [-0.05, 0) is 100 Å². The lowest BCUT2D eigenvalue weighted by molar-refractivity contribution is 0.103. The number of hydrogen-bond acceptors (Lipinski definition) is 3. The van der Waals surface area contributed by atoms with Crippen molar-refractivity contribution in [2.45, 2.75) is 40.2 Å². The maximum Gasteiger partial charge on any atom is 0.193 e. The number of hydrogen-bond donors (Lipinski definition) is 0. The van der Waals surface area contributed by atoms with Crippen molar-refractivity contribution in [2.75, 3.05) is 4.90 Å². The third-order valence-corrected chi connectivity index (χ3v) is 8.23. The lowest BCUT2D eigenvalue weighted by Gasteiger charge is -2.35. The number of aromatic nitrogens is 1. The lowest BCUT2D eigenvalue weighted by Crippen LogP contribution is -2.25. The van der Waals surface area contributed by atoms with E-state index in [-0.39, 0.29) is 5.78 Å². The van der Waals surface area contributed by atoms with Crippen molar-refractivity contribution in [3.05, 3.63) is 149 Å². The van der Waals surface area contributed by atoms with E-state index in [0.29, 0.717) is 11.1 Å². The standard InChI is InChI=1S/C39H34N2O2/c1-26(2)24-27(3)22-23-40-33-11-5-4-10-31(33)32-25-29(18-21-34(32)40)39(42)28-16-19-30(20-17-28)41-35-12-6-8-14-37(35)43-38-15-9-7-13-36(38)41/h4-6,8-12,14-22,24-25H,7,13,23H2,1-3H3/b27-22+. The second-order valence-corrected chi connectivity index (χ2v) is 11.6. The van der Waals surface area contributed by atoms with E-state index in [9.17, 15) is 4.79 Å². The molecule has 212 valence electrons. The van der Waals surface area contributed by atoms with Crippen LogP contribution in [0, 0.1) is 0 Å². The van der Waals surface area contributed by atoms with Gasteiger partial charge in [0.05, 0.1) is 11.4 Å². The summed E-state index contributed by atoms with van der Waals surface area (Å²) in [6.45, 7) is 7.15. The van der Waals surface area contributed by atoms with Crippen molar-refractivity contribution in [2.24, 2.45) is 0 Å². The minimum absolute atomic E-state index is 0.0208. The van der Waals surface area contributed by atoms with E-state index >= 15 is 0 Å². The topological polar surface area (TPSA) is 34.5 Å². The number of ether oxygens (including phenoxy) is 1. The van der Waals surface area contributed by atoms with Gasteiger partial charge in [0.1, 0.15) is 5.76 Å². The Hall–Kier alpha value is -5.09. The average molecular weight is 563 g/mol. The molecule has 4 heteroatoms. The molecule has 1 aromatic heterocycles. The van der Waals surface area contributed by atoms with Crippen molar-refractivity contribution >= 4 is 39.0 Å². The number of benzene rings is 4. The molecule has 5 aromatic rings. The highest BCUT2D eigenvalue weighted by Crippen LogP contribution is 2.45. The van der Waals surface area contributed by atoms with Crippen LogP contribution in [0.25, 0.3) is 21.8 Å². The average Bonchev–Trinajstić information content (AvgIpc) is 3.35. The molecule has 2 aliphatic rings. The van der Waals surface area contributed by atoms with Crippen molar-refractivity contribution in [3.8, 4) is 5.75 Å². The van der Waals surface area contributed by atoms with Crippen LogP contribution in [-0.4, -0.2) is 10.4 Å². The molecule has 0 atom stereocenters. The Bertz CT molecular complexity index is 2010. The maximum atomic E-state index is 13.8. The van der Waals surface area contributed by atoms with E-state index in [4.69, 9.17) is 4.74 Å². The van der Waals surface area contributed by atoms with Gasteiger partial charge in [-0.2, -0.15) is 0 Å². The minimum atomic E-state index is 0.0208. The first kappa shape index (κ1) is 26.8. The van der Waals surface area contributed by atoms with E-state index in [1.807, 2.05) is 48.5 Å². The van der Waals surface area contributed by atoms with Gasteiger partial charge in [-0.3, -0.25) is 4.79 Å². The highest BCUT2D eigenvalue weighted by atomic mass is 16.5. The van der Waals surface area contributed by atoms with E-state index in [2.05, 4.69) is 97.0 Å². The molecule has 1 aliphatic carbocycles.